The number of aromatic nitrogens is 4. The van der Waals surface area contributed by atoms with E-state index in [0.29, 0.717) is 34.2 Å². The number of benzene rings is 1. The Morgan fingerprint density at radius 1 is 1.18 bits per heavy atom. The highest BCUT2D eigenvalue weighted by molar-refractivity contribution is 7.98. The molecule has 0 aliphatic carbocycles. The number of hydrogen-bond donors (Lipinski definition) is 1. The molecule has 1 unspecified atom stereocenters. The molecule has 3 aromatic heterocycles. The zero-order valence-electron chi connectivity index (χ0n) is 17.5. The number of halogens is 3. The maximum Gasteiger partial charge on any atom is 0.416 e. The molecular weight excluding hydrogens is 471 g/mol. The highest BCUT2D eigenvalue weighted by Crippen LogP contribution is 2.32. The van der Waals surface area contributed by atoms with Crippen LogP contribution in [-0.4, -0.2) is 37.5 Å². The fourth-order valence-corrected chi connectivity index (χ4v) is 4.63. The van der Waals surface area contributed by atoms with Crippen molar-refractivity contribution in [1.29, 1.82) is 0 Å². The van der Waals surface area contributed by atoms with Gasteiger partial charge in [0.15, 0.2) is 11.5 Å². The van der Waals surface area contributed by atoms with Crippen LogP contribution in [0, 0.1) is 0 Å². The summed E-state index contributed by atoms with van der Waals surface area (Å²) in [6.07, 6.45) is 0.228. The van der Waals surface area contributed by atoms with Crippen molar-refractivity contribution in [2.45, 2.75) is 25.1 Å². The highest BCUT2D eigenvalue weighted by atomic mass is 32.2. The molecular formula is C22H20F3N5OS2. The van der Waals surface area contributed by atoms with E-state index < -0.39 is 11.7 Å². The van der Waals surface area contributed by atoms with Crippen LogP contribution in [0.1, 0.15) is 29.5 Å². The van der Waals surface area contributed by atoms with Crippen LogP contribution in [-0.2, 0) is 17.4 Å². The van der Waals surface area contributed by atoms with Gasteiger partial charge in [-0.15, -0.1) is 21.5 Å². The Hall–Kier alpha value is -2.92. The van der Waals surface area contributed by atoms with E-state index >= 15 is 0 Å². The Labute approximate surface area is 196 Å². The summed E-state index contributed by atoms with van der Waals surface area (Å²) in [5.74, 6) is 1.29. The largest absolute Gasteiger partial charge is 0.416 e. The van der Waals surface area contributed by atoms with Crippen LogP contribution >= 0.6 is 23.1 Å². The lowest BCUT2D eigenvalue weighted by Gasteiger charge is -2.16. The van der Waals surface area contributed by atoms with Crippen molar-refractivity contribution in [3.63, 3.8) is 0 Å². The second-order valence-electron chi connectivity index (χ2n) is 7.28. The van der Waals surface area contributed by atoms with Crippen molar-refractivity contribution in [3.05, 3.63) is 71.1 Å². The van der Waals surface area contributed by atoms with Gasteiger partial charge in [0.25, 0.3) is 0 Å². The standard InChI is InChI=1S/C22H20F3N5OS2/c1-32-11-9-17(20-29-28-18-4-2-3-10-30(18)20)27-19(31)12-16-13-33-21(26-16)14-5-7-15(8-6-14)22(23,24)25/h2-8,10,13,17H,9,11-12H2,1H3,(H,27,31). The topological polar surface area (TPSA) is 72.2 Å². The van der Waals surface area contributed by atoms with E-state index in [1.54, 1.807) is 17.1 Å². The summed E-state index contributed by atoms with van der Waals surface area (Å²) in [5.41, 5.74) is 1.13. The summed E-state index contributed by atoms with van der Waals surface area (Å²) in [4.78, 5) is 17.2. The molecule has 33 heavy (non-hydrogen) atoms. The number of alkyl halides is 3. The van der Waals surface area contributed by atoms with Crippen LogP contribution in [0.5, 0.6) is 0 Å². The van der Waals surface area contributed by atoms with Crippen molar-refractivity contribution in [3.8, 4) is 10.6 Å². The third-order valence-corrected chi connectivity index (χ3v) is 6.53. The van der Waals surface area contributed by atoms with E-state index in [-0.39, 0.29) is 18.4 Å². The molecule has 0 fully saturated rings. The van der Waals surface area contributed by atoms with Crippen LogP contribution in [0.4, 0.5) is 13.2 Å². The first kappa shape index (κ1) is 23.2. The third-order valence-electron chi connectivity index (χ3n) is 4.95. The number of amides is 1. The van der Waals surface area contributed by atoms with Crippen LogP contribution in [0.25, 0.3) is 16.2 Å². The van der Waals surface area contributed by atoms with Crippen LogP contribution in [0.2, 0.25) is 0 Å². The zero-order valence-corrected chi connectivity index (χ0v) is 19.2. The first-order valence-electron chi connectivity index (χ1n) is 10.0. The maximum absolute atomic E-state index is 12.8. The molecule has 0 saturated heterocycles. The fraction of sp³-hybridized carbons (Fsp3) is 0.273. The Balaban J connectivity index is 1.45. The first-order chi connectivity index (χ1) is 15.8. The number of carbonyl (C=O) groups is 1. The molecule has 0 aliphatic rings. The summed E-state index contributed by atoms with van der Waals surface area (Å²) < 4.78 is 40.2. The molecule has 172 valence electrons. The Bertz CT molecular complexity index is 1240. The molecule has 4 rings (SSSR count). The minimum absolute atomic E-state index is 0.0592. The molecule has 1 N–H and O–H groups in total. The smallest absolute Gasteiger partial charge is 0.346 e. The third kappa shape index (κ3) is 5.53. The number of pyridine rings is 1. The van der Waals surface area contributed by atoms with Gasteiger partial charge in [0.05, 0.1) is 23.7 Å². The van der Waals surface area contributed by atoms with Gasteiger partial charge in [0.2, 0.25) is 5.91 Å². The lowest BCUT2D eigenvalue weighted by Crippen LogP contribution is -2.31. The van der Waals surface area contributed by atoms with Gasteiger partial charge < -0.3 is 5.32 Å². The van der Waals surface area contributed by atoms with Gasteiger partial charge in [-0.1, -0.05) is 18.2 Å². The molecule has 0 saturated carbocycles. The minimum atomic E-state index is -4.38. The number of rotatable bonds is 8. The average Bonchev–Trinajstić information content (AvgIpc) is 3.43. The van der Waals surface area contributed by atoms with Crippen LogP contribution in [0.3, 0.4) is 0 Å². The molecule has 4 aromatic rings. The summed E-state index contributed by atoms with van der Waals surface area (Å²) in [6, 6.07) is 10.1. The van der Waals surface area contributed by atoms with Crippen molar-refractivity contribution < 1.29 is 18.0 Å². The highest BCUT2D eigenvalue weighted by Gasteiger charge is 2.30. The lowest BCUT2D eigenvalue weighted by atomic mass is 10.1. The van der Waals surface area contributed by atoms with E-state index in [1.165, 1.54) is 23.5 Å². The first-order valence-corrected chi connectivity index (χ1v) is 12.3. The number of carbonyl (C=O) groups excluding carboxylic acids is 1. The van der Waals surface area contributed by atoms with Crippen molar-refractivity contribution in [2.24, 2.45) is 0 Å². The number of thioether (sulfide) groups is 1. The summed E-state index contributed by atoms with van der Waals surface area (Å²) >= 11 is 2.97. The molecule has 1 atom stereocenters. The van der Waals surface area contributed by atoms with Gasteiger partial charge in [-0.2, -0.15) is 24.9 Å². The second kappa shape index (κ2) is 9.92. The SMILES string of the molecule is CSCCC(NC(=O)Cc1csc(-c2ccc(C(F)(F)F)cc2)n1)c1nnc2ccccn12. The lowest BCUT2D eigenvalue weighted by molar-refractivity contribution is -0.137. The number of nitrogens with zero attached hydrogens (tertiary/aromatic N) is 4. The average molecular weight is 492 g/mol. The van der Waals surface area contributed by atoms with Gasteiger partial charge in [-0.05, 0) is 42.7 Å². The maximum atomic E-state index is 12.8. The van der Waals surface area contributed by atoms with E-state index in [9.17, 15) is 18.0 Å². The number of thiazole rings is 1. The summed E-state index contributed by atoms with van der Waals surface area (Å²) in [6.45, 7) is 0. The Morgan fingerprint density at radius 3 is 2.70 bits per heavy atom. The minimum Gasteiger partial charge on any atom is -0.346 e. The second-order valence-corrected chi connectivity index (χ2v) is 9.13. The van der Waals surface area contributed by atoms with Crippen LogP contribution < -0.4 is 5.32 Å². The fourth-order valence-electron chi connectivity index (χ4n) is 3.33. The molecule has 0 spiro atoms. The number of nitrogens with one attached hydrogen (secondary N) is 1. The molecule has 1 amide bonds. The van der Waals surface area contributed by atoms with Gasteiger partial charge >= 0.3 is 6.18 Å². The molecule has 0 aliphatic heterocycles. The van der Waals surface area contributed by atoms with Gasteiger partial charge in [0.1, 0.15) is 5.01 Å². The van der Waals surface area contributed by atoms with E-state index in [0.717, 1.165) is 17.9 Å². The Kier molecular flexibility index (Phi) is 6.99. The predicted molar refractivity (Wildman–Crippen MR) is 123 cm³/mol. The molecule has 0 radical (unpaired) electrons. The predicted octanol–water partition coefficient (Wildman–Crippen LogP) is 5.02. The van der Waals surface area contributed by atoms with Crippen molar-refractivity contribution in [1.82, 2.24) is 24.9 Å². The molecule has 11 heteroatoms. The number of hydrogen-bond acceptors (Lipinski definition) is 6. The molecule has 3 heterocycles. The van der Waals surface area contributed by atoms with Crippen LogP contribution in [0.15, 0.2) is 54.0 Å². The summed E-state index contributed by atoms with van der Waals surface area (Å²) in [5, 5.41) is 13.8. The Morgan fingerprint density at radius 2 is 1.97 bits per heavy atom. The zero-order chi connectivity index (χ0) is 23.4. The molecule has 6 nitrogen and oxygen atoms in total. The summed E-state index contributed by atoms with van der Waals surface area (Å²) in [7, 11) is 0. The van der Waals surface area contributed by atoms with Crippen molar-refractivity contribution >= 4 is 34.7 Å². The quantitative estimate of drug-likeness (QED) is 0.375. The molecule has 0 bridgehead atoms. The number of fused-ring (bicyclic) bond motifs is 1. The van der Waals surface area contributed by atoms with Gasteiger partial charge in [-0.25, -0.2) is 4.98 Å². The van der Waals surface area contributed by atoms with Gasteiger partial charge in [0, 0.05) is 17.1 Å². The van der Waals surface area contributed by atoms with E-state index in [2.05, 4.69) is 20.5 Å². The van der Waals surface area contributed by atoms with E-state index in [4.69, 9.17) is 0 Å². The monoisotopic (exact) mass is 491 g/mol. The van der Waals surface area contributed by atoms with Gasteiger partial charge in [-0.3, -0.25) is 9.20 Å². The molecule has 1 aromatic carbocycles. The normalized spacial score (nSPS) is 12.7. The van der Waals surface area contributed by atoms with Crippen molar-refractivity contribution in [2.75, 3.05) is 12.0 Å². The van der Waals surface area contributed by atoms with E-state index in [1.807, 2.05) is 35.1 Å².